The van der Waals surface area contributed by atoms with Crippen molar-refractivity contribution in [1.29, 1.82) is 0 Å². The summed E-state index contributed by atoms with van der Waals surface area (Å²) in [5, 5.41) is 4.16. The van der Waals surface area contributed by atoms with Gasteiger partial charge in [0.05, 0.1) is 6.20 Å². The summed E-state index contributed by atoms with van der Waals surface area (Å²) in [6.07, 6.45) is 4.39. The van der Waals surface area contributed by atoms with E-state index in [2.05, 4.69) is 10.5 Å². The molecule has 4 nitrogen and oxygen atoms in total. The molecular weight excluding hydrogens is 262 g/mol. The van der Waals surface area contributed by atoms with Crippen LogP contribution in [0.25, 0.3) is 0 Å². The molecule has 3 N–H and O–H groups in total. The number of aryl methyl sites for hydroxylation is 1. The Labute approximate surface area is 116 Å². The maximum atomic E-state index is 13.6. The molecule has 0 bridgehead atoms. The SMILES string of the molecule is CCn1cc(CC(Cc2c(F)cccc2F)NN)cn1. The van der Waals surface area contributed by atoms with Gasteiger partial charge in [0, 0.05) is 24.3 Å². The fourth-order valence-electron chi connectivity index (χ4n) is 2.13. The molecule has 0 amide bonds. The molecule has 1 heterocycles. The van der Waals surface area contributed by atoms with Crippen molar-refractivity contribution in [2.75, 3.05) is 0 Å². The molecule has 0 spiro atoms. The van der Waals surface area contributed by atoms with Crippen molar-refractivity contribution in [3.8, 4) is 0 Å². The standard InChI is InChI=1S/C14H18F2N4/c1-2-20-9-10(8-18-20)6-11(19-17)7-12-13(15)4-3-5-14(12)16/h3-5,8-9,11,19H,2,6-7,17H2,1H3. The quantitative estimate of drug-likeness (QED) is 0.626. The van der Waals surface area contributed by atoms with E-state index in [1.165, 1.54) is 18.2 Å². The molecule has 108 valence electrons. The van der Waals surface area contributed by atoms with Crippen molar-refractivity contribution in [1.82, 2.24) is 15.2 Å². The zero-order chi connectivity index (χ0) is 14.5. The van der Waals surface area contributed by atoms with Crippen LogP contribution in [0.2, 0.25) is 0 Å². The largest absolute Gasteiger partial charge is 0.273 e. The average Bonchev–Trinajstić information content (AvgIpc) is 2.89. The molecule has 1 unspecified atom stereocenters. The van der Waals surface area contributed by atoms with E-state index in [1.54, 1.807) is 10.9 Å². The lowest BCUT2D eigenvalue weighted by atomic mass is 10.0. The number of nitrogens with two attached hydrogens (primary N) is 1. The van der Waals surface area contributed by atoms with Crippen LogP contribution in [0, 0.1) is 11.6 Å². The highest BCUT2D eigenvalue weighted by Crippen LogP contribution is 2.15. The lowest BCUT2D eigenvalue weighted by Crippen LogP contribution is -2.38. The zero-order valence-corrected chi connectivity index (χ0v) is 11.3. The maximum absolute atomic E-state index is 13.6. The highest BCUT2D eigenvalue weighted by Gasteiger charge is 2.16. The van der Waals surface area contributed by atoms with Gasteiger partial charge in [-0.25, -0.2) is 8.78 Å². The van der Waals surface area contributed by atoms with Gasteiger partial charge in [0.15, 0.2) is 0 Å². The van der Waals surface area contributed by atoms with Crippen molar-refractivity contribution in [3.05, 3.63) is 53.4 Å². The van der Waals surface area contributed by atoms with Gasteiger partial charge < -0.3 is 0 Å². The first-order valence-corrected chi connectivity index (χ1v) is 6.54. The van der Waals surface area contributed by atoms with Crippen LogP contribution in [0.4, 0.5) is 8.78 Å². The van der Waals surface area contributed by atoms with Crippen LogP contribution in [-0.4, -0.2) is 15.8 Å². The number of hydrazine groups is 1. The minimum absolute atomic E-state index is 0.0540. The smallest absolute Gasteiger partial charge is 0.129 e. The summed E-state index contributed by atoms with van der Waals surface area (Å²) in [6, 6.07) is 3.60. The molecule has 0 fully saturated rings. The maximum Gasteiger partial charge on any atom is 0.129 e. The number of nitrogens with one attached hydrogen (secondary N) is 1. The van der Waals surface area contributed by atoms with Crippen molar-refractivity contribution in [2.24, 2.45) is 5.84 Å². The monoisotopic (exact) mass is 280 g/mol. The molecule has 0 aliphatic rings. The van der Waals surface area contributed by atoms with Gasteiger partial charge in [-0.1, -0.05) is 6.07 Å². The Kier molecular flexibility index (Phi) is 4.81. The Bertz CT molecular complexity index is 548. The van der Waals surface area contributed by atoms with Gasteiger partial charge in [0.1, 0.15) is 11.6 Å². The molecule has 20 heavy (non-hydrogen) atoms. The van der Waals surface area contributed by atoms with Crippen molar-refractivity contribution in [2.45, 2.75) is 32.4 Å². The van der Waals surface area contributed by atoms with Gasteiger partial charge in [0.2, 0.25) is 0 Å². The molecule has 0 aliphatic heterocycles. The molecule has 0 radical (unpaired) electrons. The molecule has 2 rings (SSSR count). The van der Waals surface area contributed by atoms with E-state index >= 15 is 0 Å². The molecule has 6 heteroatoms. The number of benzene rings is 1. The van der Waals surface area contributed by atoms with Crippen molar-refractivity contribution >= 4 is 0 Å². The molecule has 1 aromatic carbocycles. The minimum Gasteiger partial charge on any atom is -0.273 e. The predicted molar refractivity (Wildman–Crippen MR) is 72.8 cm³/mol. The Morgan fingerprint density at radius 2 is 2.00 bits per heavy atom. The van der Waals surface area contributed by atoms with Crippen LogP contribution < -0.4 is 11.3 Å². The molecule has 0 saturated heterocycles. The Morgan fingerprint density at radius 3 is 2.55 bits per heavy atom. The van der Waals surface area contributed by atoms with Crippen LogP contribution >= 0.6 is 0 Å². The highest BCUT2D eigenvalue weighted by atomic mass is 19.1. The first-order chi connectivity index (χ1) is 9.63. The number of rotatable bonds is 6. The van der Waals surface area contributed by atoms with E-state index in [0.717, 1.165) is 12.1 Å². The Morgan fingerprint density at radius 1 is 1.30 bits per heavy atom. The second kappa shape index (κ2) is 6.58. The number of hydrogen-bond acceptors (Lipinski definition) is 3. The Hall–Kier alpha value is -1.79. The molecule has 2 aromatic rings. The molecule has 1 aromatic heterocycles. The second-order valence-electron chi connectivity index (χ2n) is 4.68. The summed E-state index contributed by atoms with van der Waals surface area (Å²) < 4.78 is 29.0. The molecule has 0 saturated carbocycles. The molecule has 0 aliphatic carbocycles. The van der Waals surface area contributed by atoms with Crippen molar-refractivity contribution < 1.29 is 8.78 Å². The third-order valence-electron chi connectivity index (χ3n) is 3.24. The summed E-state index contributed by atoms with van der Waals surface area (Å²) in [5.41, 5.74) is 3.64. The topological polar surface area (TPSA) is 55.9 Å². The van der Waals surface area contributed by atoms with Crippen LogP contribution in [0.5, 0.6) is 0 Å². The Balaban J connectivity index is 2.09. The normalized spacial score (nSPS) is 12.6. The molecule has 1 atom stereocenters. The van der Waals surface area contributed by atoms with Crippen LogP contribution in [0.1, 0.15) is 18.1 Å². The number of halogens is 2. The third kappa shape index (κ3) is 3.40. The van der Waals surface area contributed by atoms with Gasteiger partial charge in [0.25, 0.3) is 0 Å². The van der Waals surface area contributed by atoms with Gasteiger partial charge in [-0.15, -0.1) is 0 Å². The van der Waals surface area contributed by atoms with Crippen LogP contribution in [0.3, 0.4) is 0 Å². The summed E-state index contributed by atoms with van der Waals surface area (Å²) in [4.78, 5) is 0. The summed E-state index contributed by atoms with van der Waals surface area (Å²) in [7, 11) is 0. The first-order valence-electron chi connectivity index (χ1n) is 6.54. The summed E-state index contributed by atoms with van der Waals surface area (Å²) in [6.45, 7) is 2.77. The second-order valence-corrected chi connectivity index (χ2v) is 4.68. The fourth-order valence-corrected chi connectivity index (χ4v) is 2.13. The predicted octanol–water partition coefficient (Wildman–Crippen LogP) is 1.80. The van der Waals surface area contributed by atoms with E-state index in [4.69, 9.17) is 5.84 Å². The highest BCUT2D eigenvalue weighted by molar-refractivity contribution is 5.21. The lowest BCUT2D eigenvalue weighted by Gasteiger charge is -2.16. The van der Waals surface area contributed by atoms with E-state index in [0.29, 0.717) is 6.42 Å². The number of aromatic nitrogens is 2. The van der Waals surface area contributed by atoms with Gasteiger partial charge in [-0.2, -0.15) is 5.10 Å². The number of hydrogen-bond donors (Lipinski definition) is 2. The fraction of sp³-hybridized carbons (Fsp3) is 0.357. The zero-order valence-electron chi connectivity index (χ0n) is 11.3. The number of nitrogens with zero attached hydrogens (tertiary/aromatic N) is 2. The van der Waals surface area contributed by atoms with Gasteiger partial charge in [-0.3, -0.25) is 16.0 Å². The van der Waals surface area contributed by atoms with Crippen molar-refractivity contribution in [3.63, 3.8) is 0 Å². The van der Waals surface area contributed by atoms with Gasteiger partial charge in [-0.05, 0) is 37.5 Å². The van der Waals surface area contributed by atoms with Gasteiger partial charge >= 0.3 is 0 Å². The van der Waals surface area contributed by atoms with Crippen LogP contribution in [0.15, 0.2) is 30.6 Å². The van der Waals surface area contributed by atoms with E-state index in [9.17, 15) is 8.78 Å². The third-order valence-corrected chi connectivity index (χ3v) is 3.24. The van der Waals surface area contributed by atoms with E-state index in [1.807, 2.05) is 13.1 Å². The lowest BCUT2D eigenvalue weighted by molar-refractivity contribution is 0.484. The first kappa shape index (κ1) is 14.6. The van der Waals surface area contributed by atoms with Crippen LogP contribution in [-0.2, 0) is 19.4 Å². The molecular formula is C14H18F2N4. The van der Waals surface area contributed by atoms with E-state index in [-0.39, 0.29) is 18.0 Å². The summed E-state index contributed by atoms with van der Waals surface area (Å²) >= 11 is 0. The summed E-state index contributed by atoms with van der Waals surface area (Å²) in [5.74, 6) is 4.39. The minimum atomic E-state index is -0.547. The average molecular weight is 280 g/mol. The van der Waals surface area contributed by atoms with E-state index < -0.39 is 11.6 Å².